The topological polar surface area (TPSA) is 12.5 Å². The molecule has 0 amide bonds. The highest BCUT2D eigenvalue weighted by Crippen LogP contribution is 2.52. The van der Waals surface area contributed by atoms with E-state index in [1.54, 1.807) is 27.7 Å². The first-order chi connectivity index (χ1) is 21.6. The number of benzene rings is 5. The predicted octanol–water partition coefficient (Wildman–Crippen LogP) is 8.18. The summed E-state index contributed by atoms with van der Waals surface area (Å²) in [5, 5.41) is 0. The van der Waals surface area contributed by atoms with Crippen molar-refractivity contribution >= 4 is 40.2 Å². The van der Waals surface area contributed by atoms with Gasteiger partial charge in [-0.15, -0.1) is 0 Å². The van der Waals surface area contributed by atoms with Crippen molar-refractivity contribution in [1.29, 1.82) is 0 Å². The Hall–Kier alpha value is -4.24. The lowest BCUT2D eigenvalue weighted by Gasteiger charge is -2.42. The predicted molar refractivity (Wildman–Crippen MR) is 184 cm³/mol. The summed E-state index contributed by atoms with van der Waals surface area (Å²) in [6.07, 6.45) is 10.0. The van der Waals surface area contributed by atoms with Gasteiger partial charge in [0, 0.05) is 17.2 Å². The minimum absolute atomic E-state index is 0.0794. The van der Waals surface area contributed by atoms with E-state index < -0.39 is 0 Å². The Labute approximate surface area is 261 Å². The van der Waals surface area contributed by atoms with E-state index in [0.717, 1.165) is 17.2 Å². The molecule has 0 saturated heterocycles. The Morgan fingerprint density at radius 1 is 0.591 bits per heavy atom. The highest BCUT2D eigenvalue weighted by atomic mass is 16.5. The van der Waals surface area contributed by atoms with Crippen molar-refractivity contribution in [3.8, 4) is 11.5 Å². The van der Waals surface area contributed by atoms with Gasteiger partial charge in [-0.25, -0.2) is 0 Å². The van der Waals surface area contributed by atoms with Gasteiger partial charge >= 0.3 is 0 Å². The third-order valence-electron chi connectivity index (χ3n) is 11.0. The maximum absolute atomic E-state index is 6.84. The molecule has 0 radical (unpaired) electrons. The molecule has 4 aliphatic rings. The number of rotatable bonds is 2. The third-order valence-corrected chi connectivity index (χ3v) is 11.0. The van der Waals surface area contributed by atoms with Gasteiger partial charge in [0.25, 0.3) is 6.71 Å². The largest absolute Gasteiger partial charge is 0.458 e. The summed E-state index contributed by atoms with van der Waals surface area (Å²) >= 11 is 0. The van der Waals surface area contributed by atoms with E-state index in [-0.39, 0.29) is 12.1 Å². The molecule has 0 fully saturated rings. The van der Waals surface area contributed by atoms with Crippen LogP contribution >= 0.6 is 0 Å². The fraction of sp³-hybridized carbons (Fsp3) is 0.268. The van der Waals surface area contributed by atoms with Gasteiger partial charge in [-0.1, -0.05) is 86.0 Å². The summed E-state index contributed by atoms with van der Waals surface area (Å²) in [5.41, 5.74) is 17.0. The fourth-order valence-electron chi connectivity index (χ4n) is 8.88. The van der Waals surface area contributed by atoms with Crippen molar-refractivity contribution in [3.05, 3.63) is 130 Å². The second-order valence-corrected chi connectivity index (χ2v) is 13.8. The Morgan fingerprint density at radius 3 is 1.84 bits per heavy atom. The quantitative estimate of drug-likeness (QED) is 0.195. The molecule has 2 aliphatic carbocycles. The van der Waals surface area contributed by atoms with E-state index in [4.69, 9.17) is 4.74 Å². The second kappa shape index (κ2) is 9.89. The standard InChI is InChI=1S/C41H38BNO/c1-41(2)32-17-7-10-20-36(32)43(37-21-11-8-18-33(37)41)29-23-24-35-39(26-29)44-38-22-12-9-19-34(38)42(35)40-30-15-5-3-13-27(30)25-28-14-4-6-16-31(28)40/h7-12,17-26H,3-6,13-16H2,1-2H3. The van der Waals surface area contributed by atoms with E-state index in [9.17, 15) is 0 Å². The van der Waals surface area contributed by atoms with E-state index in [1.165, 1.54) is 84.8 Å². The molecule has 5 aromatic rings. The number of nitrogens with zero attached hydrogens (tertiary/aromatic N) is 1. The minimum atomic E-state index is -0.0794. The number of hydrogen-bond donors (Lipinski definition) is 0. The number of aryl methyl sites for hydroxylation is 2. The molecule has 0 saturated carbocycles. The summed E-state index contributed by atoms with van der Waals surface area (Å²) in [4.78, 5) is 2.45. The van der Waals surface area contributed by atoms with Crippen LogP contribution in [0.25, 0.3) is 0 Å². The Bertz CT molecular complexity index is 1870. The van der Waals surface area contributed by atoms with Crippen LogP contribution in [0.5, 0.6) is 11.5 Å². The van der Waals surface area contributed by atoms with Gasteiger partial charge in [-0.05, 0) is 120 Å². The van der Waals surface area contributed by atoms with E-state index in [1.807, 2.05) is 0 Å². The van der Waals surface area contributed by atoms with Gasteiger partial charge < -0.3 is 9.64 Å². The van der Waals surface area contributed by atoms with Crippen molar-refractivity contribution in [2.24, 2.45) is 0 Å². The molecule has 44 heavy (non-hydrogen) atoms. The molecular formula is C41H38BNO. The zero-order chi connectivity index (χ0) is 29.4. The van der Waals surface area contributed by atoms with E-state index in [0.29, 0.717) is 0 Å². The number of ether oxygens (including phenoxy) is 1. The van der Waals surface area contributed by atoms with Crippen molar-refractivity contribution in [3.63, 3.8) is 0 Å². The molecule has 216 valence electrons. The van der Waals surface area contributed by atoms with Gasteiger partial charge in [-0.3, -0.25) is 0 Å². The SMILES string of the molecule is CC1(C)c2ccccc2N(c2ccc3c(c2)Oc2ccccc2B3c2c3c(cc4c2CCCC4)CCCC3)c2ccccc21. The summed E-state index contributed by atoms with van der Waals surface area (Å²) in [6.45, 7) is 4.89. The first kappa shape index (κ1) is 26.2. The molecule has 2 nitrogen and oxygen atoms in total. The van der Waals surface area contributed by atoms with Crippen molar-refractivity contribution in [1.82, 2.24) is 0 Å². The van der Waals surface area contributed by atoms with Crippen LogP contribution in [0.4, 0.5) is 17.1 Å². The Kier molecular flexibility index (Phi) is 5.89. The maximum Gasteiger partial charge on any atom is 0.251 e. The molecule has 0 atom stereocenters. The smallest absolute Gasteiger partial charge is 0.251 e. The highest BCUT2D eigenvalue weighted by molar-refractivity contribution is 6.97. The van der Waals surface area contributed by atoms with Gasteiger partial charge in [0.15, 0.2) is 0 Å². The van der Waals surface area contributed by atoms with Gasteiger partial charge in [-0.2, -0.15) is 0 Å². The molecule has 0 bridgehead atoms. The van der Waals surface area contributed by atoms with Crippen LogP contribution in [0.2, 0.25) is 0 Å². The Balaban J connectivity index is 1.26. The lowest BCUT2D eigenvalue weighted by molar-refractivity contribution is 0.487. The molecule has 5 aromatic carbocycles. The summed E-state index contributed by atoms with van der Waals surface area (Å²) in [5.74, 6) is 1.99. The molecule has 9 rings (SSSR count). The number of fused-ring (bicyclic) bond motifs is 6. The summed E-state index contributed by atoms with van der Waals surface area (Å²) < 4.78 is 6.84. The van der Waals surface area contributed by atoms with Crippen molar-refractivity contribution < 1.29 is 4.74 Å². The summed E-state index contributed by atoms with van der Waals surface area (Å²) in [7, 11) is 0. The lowest BCUT2D eigenvalue weighted by atomic mass is 9.33. The molecule has 0 N–H and O–H groups in total. The van der Waals surface area contributed by atoms with Crippen molar-refractivity contribution in [2.75, 3.05) is 4.90 Å². The molecule has 0 spiro atoms. The minimum Gasteiger partial charge on any atom is -0.458 e. The summed E-state index contributed by atoms with van der Waals surface area (Å²) in [6, 6.07) is 36.2. The molecular weight excluding hydrogens is 533 g/mol. The van der Waals surface area contributed by atoms with Crippen LogP contribution in [-0.4, -0.2) is 6.71 Å². The molecule has 2 heterocycles. The lowest BCUT2D eigenvalue weighted by Crippen LogP contribution is -2.57. The molecule has 2 aliphatic heterocycles. The number of hydrogen-bond acceptors (Lipinski definition) is 2. The highest BCUT2D eigenvalue weighted by Gasteiger charge is 2.39. The van der Waals surface area contributed by atoms with Crippen LogP contribution in [-0.2, 0) is 31.1 Å². The van der Waals surface area contributed by atoms with Gasteiger partial charge in [0.05, 0.1) is 11.4 Å². The average molecular weight is 572 g/mol. The van der Waals surface area contributed by atoms with E-state index in [2.05, 4.69) is 116 Å². The molecule has 3 heteroatoms. The monoisotopic (exact) mass is 571 g/mol. The number of para-hydroxylation sites is 3. The third kappa shape index (κ3) is 3.81. The maximum atomic E-state index is 6.84. The van der Waals surface area contributed by atoms with Crippen LogP contribution in [0.1, 0.15) is 72.9 Å². The zero-order valence-corrected chi connectivity index (χ0v) is 25.8. The fourth-order valence-corrected chi connectivity index (χ4v) is 8.88. The zero-order valence-electron chi connectivity index (χ0n) is 25.8. The first-order valence-corrected chi connectivity index (χ1v) is 16.7. The van der Waals surface area contributed by atoms with Crippen LogP contribution in [0.15, 0.2) is 97.1 Å². The second-order valence-electron chi connectivity index (χ2n) is 13.8. The Morgan fingerprint density at radius 2 is 1.16 bits per heavy atom. The normalized spacial score (nSPS) is 17.3. The van der Waals surface area contributed by atoms with Crippen LogP contribution in [0, 0.1) is 0 Å². The molecule has 0 aromatic heterocycles. The average Bonchev–Trinajstić information content (AvgIpc) is 3.06. The molecule has 0 unspecified atom stereocenters. The first-order valence-electron chi connectivity index (χ1n) is 16.7. The van der Waals surface area contributed by atoms with Crippen LogP contribution in [0.3, 0.4) is 0 Å². The number of anilines is 3. The van der Waals surface area contributed by atoms with E-state index >= 15 is 0 Å². The van der Waals surface area contributed by atoms with Crippen LogP contribution < -0.4 is 26.0 Å². The van der Waals surface area contributed by atoms with Gasteiger partial charge in [0.2, 0.25) is 0 Å². The van der Waals surface area contributed by atoms with Gasteiger partial charge in [0.1, 0.15) is 11.5 Å². The van der Waals surface area contributed by atoms with Crippen molar-refractivity contribution in [2.45, 2.75) is 70.6 Å².